The molecule has 1 fully saturated rings. The minimum Gasteiger partial charge on any atom is -0.466 e. The highest BCUT2D eigenvalue weighted by molar-refractivity contribution is 5.23. The van der Waals surface area contributed by atoms with Gasteiger partial charge in [0, 0.05) is 24.8 Å². The van der Waals surface area contributed by atoms with Crippen molar-refractivity contribution in [2.75, 3.05) is 7.11 Å². The Morgan fingerprint density at radius 3 is 2.44 bits per heavy atom. The van der Waals surface area contributed by atoms with E-state index < -0.39 is 0 Å². The SMILES string of the molecule is COC1CCC(NC(C)c2cc(C)oc2C)CC1. The van der Waals surface area contributed by atoms with Gasteiger partial charge in [0.25, 0.3) is 0 Å². The second-order valence-electron chi connectivity index (χ2n) is 5.47. The molecule has 102 valence electrons. The molecule has 1 atom stereocenters. The van der Waals surface area contributed by atoms with Crippen molar-refractivity contribution in [2.45, 2.75) is 64.6 Å². The van der Waals surface area contributed by atoms with Crippen molar-refractivity contribution in [1.29, 1.82) is 0 Å². The van der Waals surface area contributed by atoms with Crippen LogP contribution in [0.4, 0.5) is 0 Å². The van der Waals surface area contributed by atoms with Gasteiger partial charge < -0.3 is 14.5 Å². The Balaban J connectivity index is 1.88. The quantitative estimate of drug-likeness (QED) is 0.889. The van der Waals surface area contributed by atoms with E-state index >= 15 is 0 Å². The maximum Gasteiger partial charge on any atom is 0.105 e. The molecule has 18 heavy (non-hydrogen) atoms. The molecule has 0 bridgehead atoms. The fraction of sp³-hybridized carbons (Fsp3) is 0.733. The van der Waals surface area contributed by atoms with Gasteiger partial charge in [-0.3, -0.25) is 0 Å². The maximum atomic E-state index is 5.60. The lowest BCUT2D eigenvalue weighted by atomic mass is 9.92. The molecule has 1 N–H and O–H groups in total. The summed E-state index contributed by atoms with van der Waals surface area (Å²) >= 11 is 0. The smallest absolute Gasteiger partial charge is 0.105 e. The second-order valence-corrected chi connectivity index (χ2v) is 5.47. The molecular weight excluding hydrogens is 226 g/mol. The molecule has 1 saturated carbocycles. The summed E-state index contributed by atoms with van der Waals surface area (Å²) in [7, 11) is 1.82. The third-order valence-electron chi connectivity index (χ3n) is 4.04. The van der Waals surface area contributed by atoms with Gasteiger partial charge in [-0.1, -0.05) is 0 Å². The monoisotopic (exact) mass is 251 g/mol. The lowest BCUT2D eigenvalue weighted by Crippen LogP contribution is -2.36. The summed E-state index contributed by atoms with van der Waals surface area (Å²) in [5.41, 5.74) is 1.29. The van der Waals surface area contributed by atoms with E-state index in [9.17, 15) is 0 Å². The van der Waals surface area contributed by atoms with Crippen molar-refractivity contribution in [1.82, 2.24) is 5.32 Å². The van der Waals surface area contributed by atoms with Crippen LogP contribution in [0.5, 0.6) is 0 Å². The molecule has 0 radical (unpaired) electrons. The van der Waals surface area contributed by atoms with Crippen molar-refractivity contribution in [2.24, 2.45) is 0 Å². The molecule has 1 aromatic heterocycles. The Morgan fingerprint density at radius 1 is 1.28 bits per heavy atom. The van der Waals surface area contributed by atoms with E-state index in [1.54, 1.807) is 0 Å². The molecular formula is C15H25NO2. The Bertz CT molecular complexity index is 378. The number of hydrogen-bond acceptors (Lipinski definition) is 3. The zero-order chi connectivity index (χ0) is 13.1. The van der Waals surface area contributed by atoms with Crippen molar-refractivity contribution in [3.05, 3.63) is 23.2 Å². The third-order valence-corrected chi connectivity index (χ3v) is 4.04. The van der Waals surface area contributed by atoms with E-state index in [-0.39, 0.29) is 0 Å². The molecule has 1 aliphatic carbocycles. The molecule has 1 aliphatic rings. The molecule has 1 heterocycles. The van der Waals surface area contributed by atoms with Crippen LogP contribution in [0.25, 0.3) is 0 Å². The summed E-state index contributed by atoms with van der Waals surface area (Å²) in [6.07, 6.45) is 5.22. The van der Waals surface area contributed by atoms with Crippen LogP contribution in [0.3, 0.4) is 0 Å². The molecule has 1 aromatic rings. The average molecular weight is 251 g/mol. The average Bonchev–Trinajstić information content (AvgIpc) is 2.69. The first-order valence-electron chi connectivity index (χ1n) is 6.96. The van der Waals surface area contributed by atoms with Crippen LogP contribution < -0.4 is 5.32 Å². The molecule has 0 saturated heterocycles. The fourth-order valence-electron chi connectivity index (χ4n) is 2.99. The number of rotatable bonds is 4. The van der Waals surface area contributed by atoms with E-state index in [2.05, 4.69) is 18.3 Å². The van der Waals surface area contributed by atoms with Gasteiger partial charge in [0.15, 0.2) is 0 Å². The molecule has 1 unspecified atom stereocenters. The van der Waals surface area contributed by atoms with Crippen LogP contribution in [-0.4, -0.2) is 19.3 Å². The van der Waals surface area contributed by atoms with Gasteiger partial charge in [-0.25, -0.2) is 0 Å². The van der Waals surface area contributed by atoms with Gasteiger partial charge in [0.1, 0.15) is 11.5 Å². The number of hydrogen-bond donors (Lipinski definition) is 1. The predicted molar refractivity (Wildman–Crippen MR) is 72.8 cm³/mol. The minimum atomic E-state index is 0.367. The topological polar surface area (TPSA) is 34.4 Å². The van der Waals surface area contributed by atoms with Crippen LogP contribution in [-0.2, 0) is 4.74 Å². The zero-order valence-corrected chi connectivity index (χ0v) is 12.0. The van der Waals surface area contributed by atoms with Crippen molar-refractivity contribution in [3.63, 3.8) is 0 Å². The summed E-state index contributed by atoms with van der Waals surface area (Å²) in [6.45, 7) is 6.27. The summed E-state index contributed by atoms with van der Waals surface area (Å²) in [4.78, 5) is 0. The molecule has 2 rings (SSSR count). The number of methoxy groups -OCH3 is 1. The first-order chi connectivity index (χ1) is 8.60. The number of ether oxygens (including phenoxy) is 1. The first-order valence-corrected chi connectivity index (χ1v) is 6.96. The molecule has 3 nitrogen and oxygen atoms in total. The van der Waals surface area contributed by atoms with Crippen molar-refractivity contribution in [3.8, 4) is 0 Å². The highest BCUT2D eigenvalue weighted by atomic mass is 16.5. The van der Waals surface area contributed by atoms with Gasteiger partial charge in [0.05, 0.1) is 6.10 Å². The molecule has 0 aromatic carbocycles. The fourth-order valence-corrected chi connectivity index (χ4v) is 2.99. The molecule has 0 aliphatic heterocycles. The number of nitrogens with one attached hydrogen (secondary N) is 1. The van der Waals surface area contributed by atoms with Crippen LogP contribution >= 0.6 is 0 Å². The van der Waals surface area contributed by atoms with Gasteiger partial charge in [-0.2, -0.15) is 0 Å². The van der Waals surface area contributed by atoms with Crippen LogP contribution in [0.15, 0.2) is 10.5 Å². The molecule has 0 spiro atoms. The highest BCUT2D eigenvalue weighted by Gasteiger charge is 2.23. The van der Waals surface area contributed by atoms with Crippen LogP contribution in [0.1, 0.15) is 55.7 Å². The lowest BCUT2D eigenvalue weighted by molar-refractivity contribution is 0.0613. The summed E-state index contributed by atoms with van der Waals surface area (Å²) in [5, 5.41) is 3.72. The standard InChI is InChI=1S/C15H25NO2/c1-10-9-15(12(3)18-10)11(2)16-13-5-7-14(17-4)8-6-13/h9,11,13-14,16H,5-8H2,1-4H3. The maximum absolute atomic E-state index is 5.60. The predicted octanol–water partition coefficient (Wildman–Crippen LogP) is 3.50. The Morgan fingerprint density at radius 2 is 1.94 bits per heavy atom. The zero-order valence-electron chi connectivity index (χ0n) is 12.0. The summed E-state index contributed by atoms with van der Waals surface area (Å²) < 4.78 is 11.0. The Labute approximate surface area is 110 Å². The minimum absolute atomic E-state index is 0.367. The number of furan rings is 1. The highest BCUT2D eigenvalue weighted by Crippen LogP contribution is 2.26. The van der Waals surface area contributed by atoms with Gasteiger partial charge in [-0.05, 0) is 52.5 Å². The van der Waals surface area contributed by atoms with E-state index in [0.29, 0.717) is 18.2 Å². The largest absolute Gasteiger partial charge is 0.466 e. The Kier molecular flexibility index (Phi) is 4.46. The number of aryl methyl sites for hydroxylation is 2. The Hall–Kier alpha value is -0.800. The third kappa shape index (κ3) is 3.15. The van der Waals surface area contributed by atoms with Crippen LogP contribution in [0, 0.1) is 13.8 Å². The van der Waals surface area contributed by atoms with Gasteiger partial charge in [-0.15, -0.1) is 0 Å². The molecule has 3 heteroatoms. The molecule has 0 amide bonds. The van der Waals surface area contributed by atoms with E-state index in [1.165, 1.54) is 31.2 Å². The van der Waals surface area contributed by atoms with Gasteiger partial charge in [0.2, 0.25) is 0 Å². The van der Waals surface area contributed by atoms with Crippen molar-refractivity contribution < 1.29 is 9.15 Å². The lowest BCUT2D eigenvalue weighted by Gasteiger charge is -2.30. The summed E-state index contributed by atoms with van der Waals surface area (Å²) in [6, 6.07) is 3.13. The van der Waals surface area contributed by atoms with E-state index in [4.69, 9.17) is 9.15 Å². The van der Waals surface area contributed by atoms with E-state index in [0.717, 1.165) is 11.5 Å². The second kappa shape index (κ2) is 5.89. The van der Waals surface area contributed by atoms with E-state index in [1.807, 2.05) is 21.0 Å². The van der Waals surface area contributed by atoms with Crippen LogP contribution in [0.2, 0.25) is 0 Å². The first kappa shape index (κ1) is 13.6. The van der Waals surface area contributed by atoms with Gasteiger partial charge >= 0.3 is 0 Å². The van der Waals surface area contributed by atoms with Crippen molar-refractivity contribution >= 4 is 0 Å². The summed E-state index contributed by atoms with van der Waals surface area (Å²) in [5.74, 6) is 2.04. The normalized spacial score (nSPS) is 26.2.